The summed E-state index contributed by atoms with van der Waals surface area (Å²) in [7, 11) is 0. The number of anilines is 2. The number of hydrogen-bond donors (Lipinski definition) is 2. The Morgan fingerprint density at radius 2 is 1.77 bits per heavy atom. The molecule has 3 aromatic rings. The normalized spacial score (nSPS) is 10.4. The van der Waals surface area contributed by atoms with E-state index in [1.165, 1.54) is 6.07 Å². The number of hydrogen-bond acceptors (Lipinski definition) is 7. The monoisotopic (exact) mass is 314 g/mol. The molecule has 110 valence electrons. The van der Waals surface area contributed by atoms with Gasteiger partial charge >= 0.3 is 0 Å². The molecule has 8 heteroatoms. The maximum atomic E-state index is 12.0. The van der Waals surface area contributed by atoms with E-state index in [0.717, 1.165) is 16.0 Å². The van der Waals surface area contributed by atoms with Gasteiger partial charge in [0, 0.05) is 6.07 Å². The Labute approximate surface area is 128 Å². The Hall–Kier alpha value is -3.00. The van der Waals surface area contributed by atoms with E-state index in [2.05, 4.69) is 15.8 Å². The zero-order chi connectivity index (χ0) is 15.5. The lowest BCUT2D eigenvalue weighted by Crippen LogP contribution is -2.17. The molecule has 1 heterocycles. The van der Waals surface area contributed by atoms with Crippen molar-refractivity contribution in [3.8, 4) is 0 Å². The van der Waals surface area contributed by atoms with Crippen molar-refractivity contribution >= 4 is 38.7 Å². The number of aromatic nitrogens is 1. The highest BCUT2D eigenvalue weighted by molar-refractivity contribution is 7.16. The molecular formula is C14H10N4O3S. The first-order valence-corrected chi connectivity index (χ1v) is 7.12. The van der Waals surface area contributed by atoms with Crippen LogP contribution in [0.1, 0.15) is 0 Å². The van der Waals surface area contributed by atoms with Crippen LogP contribution >= 0.6 is 11.3 Å². The van der Waals surface area contributed by atoms with Crippen LogP contribution in [-0.2, 0) is 0 Å². The Morgan fingerprint density at radius 3 is 2.59 bits per heavy atom. The van der Waals surface area contributed by atoms with Crippen LogP contribution < -0.4 is 15.6 Å². The third-order valence-corrected chi connectivity index (χ3v) is 3.85. The summed E-state index contributed by atoms with van der Waals surface area (Å²) in [6.45, 7) is 0. The van der Waals surface area contributed by atoms with Crippen molar-refractivity contribution < 1.29 is 4.92 Å². The predicted molar refractivity (Wildman–Crippen MR) is 86.2 cm³/mol. The van der Waals surface area contributed by atoms with E-state index >= 15 is 0 Å². The molecule has 2 N–H and O–H groups in total. The topological polar surface area (TPSA) is 97.2 Å². The van der Waals surface area contributed by atoms with Crippen molar-refractivity contribution in [3.63, 3.8) is 0 Å². The molecule has 2 aromatic carbocycles. The number of nitrogens with one attached hydrogen (secondary N) is 2. The lowest BCUT2D eigenvalue weighted by molar-refractivity contribution is -0.383. The summed E-state index contributed by atoms with van der Waals surface area (Å²) < 4.78 is 0.522. The van der Waals surface area contributed by atoms with Gasteiger partial charge in [0.05, 0.1) is 15.1 Å². The van der Waals surface area contributed by atoms with Crippen molar-refractivity contribution in [2.75, 3.05) is 10.9 Å². The summed E-state index contributed by atoms with van der Waals surface area (Å²) in [5.41, 5.74) is 6.16. The molecule has 0 fully saturated rings. The van der Waals surface area contributed by atoms with Gasteiger partial charge in [0.25, 0.3) is 10.4 Å². The Morgan fingerprint density at radius 1 is 1.05 bits per heavy atom. The van der Waals surface area contributed by atoms with Crippen molar-refractivity contribution in [1.29, 1.82) is 0 Å². The summed E-state index contributed by atoms with van der Waals surface area (Å²) in [6.07, 6.45) is 0. The lowest BCUT2D eigenvalue weighted by Gasteiger charge is -2.08. The van der Waals surface area contributed by atoms with Gasteiger partial charge in [-0.25, -0.2) is 4.98 Å². The minimum atomic E-state index is -0.501. The first kappa shape index (κ1) is 14.0. The summed E-state index contributed by atoms with van der Waals surface area (Å²) in [5, 5.41) is 10.9. The smallest absolute Gasteiger partial charge is 0.293 e. The first-order valence-electron chi connectivity index (χ1n) is 6.30. The van der Waals surface area contributed by atoms with Crippen LogP contribution in [0.3, 0.4) is 0 Å². The maximum absolute atomic E-state index is 12.0. The molecule has 1 aromatic heterocycles. The molecule has 0 spiro atoms. The van der Waals surface area contributed by atoms with E-state index in [9.17, 15) is 14.9 Å². The fraction of sp³-hybridized carbons (Fsp3) is 0. The Kier molecular flexibility index (Phi) is 3.67. The van der Waals surface area contributed by atoms with Crippen LogP contribution in [-0.4, -0.2) is 9.91 Å². The van der Waals surface area contributed by atoms with Gasteiger partial charge in [-0.3, -0.25) is 25.8 Å². The second kappa shape index (κ2) is 5.78. The van der Waals surface area contributed by atoms with Gasteiger partial charge in [-0.2, -0.15) is 0 Å². The van der Waals surface area contributed by atoms with E-state index in [0.29, 0.717) is 5.52 Å². The molecule has 0 aliphatic rings. The average molecular weight is 314 g/mol. The molecule has 0 aliphatic heterocycles. The molecule has 0 radical (unpaired) electrons. The number of nitro groups is 1. The standard InChI is InChI=1S/C14H10N4O3S/c19-14-13(15-10-6-2-4-8-12(10)22-14)17-16-9-5-1-3-7-11(9)18(20)21/h1-8,16H,(H,15,17). The molecule has 7 nitrogen and oxygen atoms in total. The molecule has 3 rings (SSSR count). The first-order chi connectivity index (χ1) is 10.6. The number of rotatable bonds is 4. The number of fused-ring (bicyclic) bond motifs is 1. The van der Waals surface area contributed by atoms with Crippen LogP contribution in [0, 0.1) is 10.1 Å². The molecule has 0 saturated carbocycles. The summed E-state index contributed by atoms with van der Waals surface area (Å²) in [5.74, 6) is 0.0989. The fourth-order valence-electron chi connectivity index (χ4n) is 1.89. The maximum Gasteiger partial charge on any atom is 0.294 e. The van der Waals surface area contributed by atoms with E-state index in [1.807, 2.05) is 18.2 Å². The highest BCUT2D eigenvalue weighted by Crippen LogP contribution is 2.23. The van der Waals surface area contributed by atoms with Crippen LogP contribution in [0.2, 0.25) is 0 Å². The largest absolute Gasteiger partial charge is 0.294 e. The number of nitro benzene ring substituents is 1. The second-order valence-corrected chi connectivity index (χ2v) is 5.36. The van der Waals surface area contributed by atoms with Gasteiger partial charge in [-0.1, -0.05) is 35.6 Å². The molecule has 0 saturated heterocycles. The zero-order valence-corrected chi connectivity index (χ0v) is 12.0. The Balaban J connectivity index is 1.90. The summed E-state index contributed by atoms with van der Waals surface area (Å²) >= 11 is 1.06. The quantitative estimate of drug-likeness (QED) is 0.567. The lowest BCUT2D eigenvalue weighted by atomic mass is 10.3. The van der Waals surface area contributed by atoms with Crippen molar-refractivity contribution in [1.82, 2.24) is 4.98 Å². The van der Waals surface area contributed by atoms with Crippen LogP contribution in [0.15, 0.2) is 53.3 Å². The summed E-state index contributed by atoms with van der Waals surface area (Å²) in [6, 6.07) is 13.4. The van der Waals surface area contributed by atoms with E-state index in [-0.39, 0.29) is 21.9 Å². The molecule has 0 unspecified atom stereocenters. The van der Waals surface area contributed by atoms with E-state index in [4.69, 9.17) is 0 Å². The van der Waals surface area contributed by atoms with Gasteiger partial charge in [0.1, 0.15) is 5.69 Å². The summed E-state index contributed by atoms with van der Waals surface area (Å²) in [4.78, 5) is 26.6. The van der Waals surface area contributed by atoms with E-state index in [1.54, 1.807) is 24.3 Å². The predicted octanol–water partition coefficient (Wildman–Crippen LogP) is 3.00. The zero-order valence-electron chi connectivity index (χ0n) is 11.1. The van der Waals surface area contributed by atoms with Crippen molar-refractivity contribution in [2.45, 2.75) is 0 Å². The Bertz CT molecular complexity index is 910. The molecule has 22 heavy (non-hydrogen) atoms. The molecule has 0 amide bonds. The SMILES string of the molecule is O=c1sc2ccccc2nc1NNc1ccccc1[N+](=O)[O-]. The van der Waals surface area contributed by atoms with Crippen LogP contribution in [0.4, 0.5) is 17.2 Å². The second-order valence-electron chi connectivity index (χ2n) is 4.34. The number of para-hydroxylation sites is 3. The van der Waals surface area contributed by atoms with E-state index < -0.39 is 4.92 Å². The van der Waals surface area contributed by atoms with Crippen LogP contribution in [0.5, 0.6) is 0 Å². The average Bonchev–Trinajstić information content (AvgIpc) is 2.53. The molecule has 0 aliphatic carbocycles. The minimum absolute atomic E-state index is 0.0908. The third kappa shape index (κ3) is 2.72. The van der Waals surface area contributed by atoms with Crippen molar-refractivity contribution in [2.24, 2.45) is 0 Å². The number of benzene rings is 2. The van der Waals surface area contributed by atoms with Gasteiger partial charge in [0.2, 0.25) is 5.82 Å². The van der Waals surface area contributed by atoms with Gasteiger partial charge in [-0.05, 0) is 18.2 Å². The molecular weight excluding hydrogens is 304 g/mol. The van der Waals surface area contributed by atoms with Crippen molar-refractivity contribution in [3.05, 3.63) is 68.2 Å². The number of hydrazine groups is 1. The minimum Gasteiger partial charge on any atom is -0.293 e. The highest BCUT2D eigenvalue weighted by atomic mass is 32.1. The number of nitrogens with zero attached hydrogens (tertiary/aromatic N) is 2. The van der Waals surface area contributed by atoms with Gasteiger partial charge in [0.15, 0.2) is 0 Å². The molecule has 0 bridgehead atoms. The third-order valence-electron chi connectivity index (χ3n) is 2.91. The highest BCUT2D eigenvalue weighted by Gasteiger charge is 2.12. The van der Waals surface area contributed by atoms with Gasteiger partial charge < -0.3 is 0 Å². The molecule has 0 atom stereocenters. The fourth-order valence-corrected chi connectivity index (χ4v) is 2.65. The van der Waals surface area contributed by atoms with Gasteiger partial charge in [-0.15, -0.1) is 0 Å². The van der Waals surface area contributed by atoms with Crippen LogP contribution in [0.25, 0.3) is 10.2 Å².